The Morgan fingerprint density at radius 1 is 1.06 bits per heavy atom. The SMILES string of the molecule is COC(=O)c1[nH]c2ccc(Cl)c(-c3c(COCc4ccc(C)cc4)nn(C)c3C)c2c1C. The van der Waals surface area contributed by atoms with Crippen molar-refractivity contribution in [2.45, 2.75) is 34.0 Å². The normalized spacial score (nSPS) is 11.3. The van der Waals surface area contributed by atoms with Crippen LogP contribution in [-0.2, 0) is 29.7 Å². The van der Waals surface area contributed by atoms with Crippen molar-refractivity contribution in [3.63, 3.8) is 0 Å². The zero-order chi connectivity index (χ0) is 23.0. The Bertz CT molecular complexity index is 1300. The van der Waals surface area contributed by atoms with Crippen LogP contribution < -0.4 is 0 Å². The fourth-order valence-electron chi connectivity index (χ4n) is 4.03. The molecule has 0 radical (unpaired) electrons. The number of nitrogens with one attached hydrogen (secondary N) is 1. The molecule has 0 aliphatic rings. The average Bonchev–Trinajstić information content (AvgIpc) is 3.26. The quantitative estimate of drug-likeness (QED) is 0.384. The van der Waals surface area contributed by atoms with Crippen molar-refractivity contribution in [1.82, 2.24) is 14.8 Å². The van der Waals surface area contributed by atoms with Crippen LogP contribution in [0.25, 0.3) is 22.0 Å². The fraction of sp³-hybridized carbons (Fsp3) is 0.280. The number of ether oxygens (including phenoxy) is 2. The number of fused-ring (bicyclic) bond motifs is 1. The van der Waals surface area contributed by atoms with Gasteiger partial charge in [-0.1, -0.05) is 41.4 Å². The smallest absolute Gasteiger partial charge is 0.354 e. The molecular formula is C25H26ClN3O3. The van der Waals surface area contributed by atoms with Gasteiger partial charge in [-0.25, -0.2) is 4.79 Å². The van der Waals surface area contributed by atoms with Gasteiger partial charge in [0.1, 0.15) is 5.69 Å². The zero-order valence-electron chi connectivity index (χ0n) is 18.9. The van der Waals surface area contributed by atoms with Crippen LogP contribution in [0.2, 0.25) is 5.02 Å². The number of H-pyrrole nitrogens is 1. The Morgan fingerprint density at radius 2 is 1.78 bits per heavy atom. The van der Waals surface area contributed by atoms with E-state index < -0.39 is 5.97 Å². The monoisotopic (exact) mass is 451 g/mol. The molecule has 2 aromatic carbocycles. The van der Waals surface area contributed by atoms with Crippen LogP contribution in [-0.4, -0.2) is 27.8 Å². The van der Waals surface area contributed by atoms with Crippen molar-refractivity contribution < 1.29 is 14.3 Å². The Labute approximate surface area is 192 Å². The highest BCUT2D eigenvalue weighted by Crippen LogP contribution is 2.41. The van der Waals surface area contributed by atoms with Crippen LogP contribution in [0, 0.1) is 20.8 Å². The minimum Gasteiger partial charge on any atom is -0.464 e. The minimum atomic E-state index is -0.412. The van der Waals surface area contributed by atoms with E-state index in [4.69, 9.17) is 26.2 Å². The van der Waals surface area contributed by atoms with E-state index in [-0.39, 0.29) is 0 Å². The molecule has 6 nitrogen and oxygen atoms in total. The van der Waals surface area contributed by atoms with Crippen LogP contribution in [0.3, 0.4) is 0 Å². The zero-order valence-corrected chi connectivity index (χ0v) is 19.6. The molecule has 32 heavy (non-hydrogen) atoms. The van der Waals surface area contributed by atoms with Gasteiger partial charge >= 0.3 is 5.97 Å². The molecule has 2 heterocycles. The maximum Gasteiger partial charge on any atom is 0.354 e. The van der Waals surface area contributed by atoms with Crippen LogP contribution in [0.4, 0.5) is 0 Å². The Morgan fingerprint density at radius 3 is 2.47 bits per heavy atom. The van der Waals surface area contributed by atoms with E-state index >= 15 is 0 Å². The number of aromatic nitrogens is 3. The highest BCUT2D eigenvalue weighted by Gasteiger charge is 2.24. The third-order valence-corrected chi connectivity index (χ3v) is 6.15. The largest absolute Gasteiger partial charge is 0.464 e. The molecule has 0 aliphatic carbocycles. The van der Waals surface area contributed by atoms with E-state index in [1.807, 2.05) is 37.7 Å². The van der Waals surface area contributed by atoms with Crippen molar-refractivity contribution in [3.8, 4) is 11.1 Å². The van der Waals surface area contributed by atoms with E-state index in [9.17, 15) is 4.79 Å². The van der Waals surface area contributed by atoms with Crippen LogP contribution in [0.5, 0.6) is 0 Å². The second-order valence-corrected chi connectivity index (χ2v) is 8.38. The highest BCUT2D eigenvalue weighted by molar-refractivity contribution is 6.35. The summed E-state index contributed by atoms with van der Waals surface area (Å²) in [5, 5.41) is 6.17. The van der Waals surface area contributed by atoms with E-state index in [1.165, 1.54) is 12.7 Å². The summed E-state index contributed by atoms with van der Waals surface area (Å²) in [6.07, 6.45) is 0. The minimum absolute atomic E-state index is 0.338. The number of hydrogen-bond donors (Lipinski definition) is 1. The van der Waals surface area contributed by atoms with E-state index in [0.717, 1.165) is 44.5 Å². The molecule has 0 saturated heterocycles. The first-order chi connectivity index (χ1) is 15.3. The van der Waals surface area contributed by atoms with Crippen molar-refractivity contribution in [2.75, 3.05) is 7.11 Å². The molecule has 0 atom stereocenters. The summed E-state index contributed by atoms with van der Waals surface area (Å²) in [5.41, 5.74) is 7.88. The third-order valence-electron chi connectivity index (χ3n) is 5.84. The maximum atomic E-state index is 12.2. The number of carbonyl (C=O) groups excluding carboxylic acids is 1. The standard InChI is InChI=1S/C25H26ClN3O3/c1-14-6-8-17(9-7-14)12-32-13-20-22(16(3)29(4)28-20)23-18(26)10-11-19-21(23)15(2)24(27-19)25(30)31-5/h6-11,27H,12-13H2,1-5H3. The third kappa shape index (κ3) is 3.92. The second-order valence-electron chi connectivity index (χ2n) is 7.97. The van der Waals surface area contributed by atoms with Gasteiger partial charge in [0.15, 0.2) is 0 Å². The molecule has 0 spiro atoms. The molecular weight excluding hydrogens is 426 g/mol. The number of aryl methyl sites for hydroxylation is 3. The number of rotatable bonds is 6. The topological polar surface area (TPSA) is 69.1 Å². The Balaban J connectivity index is 1.76. The number of carbonyl (C=O) groups is 1. The van der Waals surface area contributed by atoms with E-state index in [2.05, 4.69) is 36.2 Å². The summed E-state index contributed by atoms with van der Waals surface area (Å²) in [5.74, 6) is -0.412. The highest BCUT2D eigenvalue weighted by atomic mass is 35.5. The lowest BCUT2D eigenvalue weighted by atomic mass is 9.97. The first-order valence-corrected chi connectivity index (χ1v) is 10.7. The van der Waals surface area contributed by atoms with Crippen molar-refractivity contribution in [2.24, 2.45) is 7.05 Å². The number of aromatic amines is 1. The summed E-state index contributed by atoms with van der Waals surface area (Å²) in [4.78, 5) is 15.4. The van der Waals surface area contributed by atoms with Gasteiger partial charge in [0.2, 0.25) is 0 Å². The number of esters is 1. The predicted molar refractivity (Wildman–Crippen MR) is 126 cm³/mol. The number of benzene rings is 2. The van der Waals surface area contributed by atoms with Crippen LogP contribution >= 0.6 is 11.6 Å². The maximum absolute atomic E-state index is 12.2. The van der Waals surface area contributed by atoms with Gasteiger partial charge in [-0.15, -0.1) is 0 Å². The molecule has 0 unspecified atom stereocenters. The lowest BCUT2D eigenvalue weighted by Gasteiger charge is -2.11. The summed E-state index contributed by atoms with van der Waals surface area (Å²) in [6, 6.07) is 12.0. The molecule has 7 heteroatoms. The van der Waals surface area contributed by atoms with Crippen molar-refractivity contribution in [1.29, 1.82) is 0 Å². The molecule has 0 aliphatic heterocycles. The molecule has 4 aromatic rings. The molecule has 4 rings (SSSR count). The first kappa shape index (κ1) is 22.1. The second kappa shape index (κ2) is 8.81. The van der Waals surface area contributed by atoms with Gasteiger partial charge in [-0.2, -0.15) is 5.10 Å². The van der Waals surface area contributed by atoms with Crippen LogP contribution in [0.15, 0.2) is 36.4 Å². The van der Waals surface area contributed by atoms with Crippen LogP contribution in [0.1, 0.15) is 38.6 Å². The van der Waals surface area contributed by atoms with Gasteiger partial charge in [0.05, 0.1) is 26.0 Å². The first-order valence-electron chi connectivity index (χ1n) is 10.4. The van der Waals surface area contributed by atoms with Gasteiger partial charge < -0.3 is 14.5 Å². The molecule has 0 amide bonds. The Hall–Kier alpha value is -3.09. The molecule has 0 bridgehead atoms. The molecule has 2 aromatic heterocycles. The Kier molecular flexibility index (Phi) is 6.09. The van der Waals surface area contributed by atoms with Crippen molar-refractivity contribution >= 4 is 28.5 Å². The molecule has 0 fully saturated rings. The summed E-state index contributed by atoms with van der Waals surface area (Å²) in [6.45, 7) is 6.79. The van der Waals surface area contributed by atoms with Crippen molar-refractivity contribution in [3.05, 3.63) is 75.2 Å². The van der Waals surface area contributed by atoms with E-state index in [1.54, 1.807) is 0 Å². The lowest BCUT2D eigenvalue weighted by molar-refractivity contribution is 0.0594. The van der Waals surface area contributed by atoms with Gasteiger partial charge in [0.25, 0.3) is 0 Å². The van der Waals surface area contributed by atoms with Gasteiger partial charge in [-0.3, -0.25) is 4.68 Å². The fourth-order valence-corrected chi connectivity index (χ4v) is 4.28. The number of halogens is 1. The number of nitrogens with zero attached hydrogens (tertiary/aromatic N) is 2. The molecule has 166 valence electrons. The van der Waals surface area contributed by atoms with E-state index in [0.29, 0.717) is 23.9 Å². The summed E-state index contributed by atoms with van der Waals surface area (Å²) < 4.78 is 12.8. The number of hydrogen-bond acceptors (Lipinski definition) is 4. The molecule has 0 saturated carbocycles. The average molecular weight is 452 g/mol. The van der Waals surface area contributed by atoms with Gasteiger partial charge in [0, 0.05) is 39.8 Å². The lowest BCUT2D eigenvalue weighted by Crippen LogP contribution is -2.03. The molecule has 1 N–H and O–H groups in total. The summed E-state index contributed by atoms with van der Waals surface area (Å²) >= 11 is 6.72. The van der Waals surface area contributed by atoms with Gasteiger partial charge in [-0.05, 0) is 44.0 Å². The summed E-state index contributed by atoms with van der Waals surface area (Å²) in [7, 11) is 3.27. The predicted octanol–water partition coefficient (Wildman–Crippen LogP) is 5.65. The number of methoxy groups -OCH3 is 1.